The van der Waals surface area contributed by atoms with Gasteiger partial charge in [0.2, 0.25) is 0 Å². The number of nitrogens with one attached hydrogen (secondary N) is 1. The standard InChI is InChI=1S/C15H24BrN3O.HI/c1-11(2)7-9-18-15(17)19-10-8-12-5-4-6-13(16)14(12)20-3;/h4-6,11H,7-10H2,1-3H3,(H3,17,18,19);1H. The fourth-order valence-corrected chi connectivity index (χ4v) is 2.37. The van der Waals surface area contributed by atoms with Gasteiger partial charge in [-0.3, -0.25) is 4.99 Å². The Morgan fingerprint density at radius 3 is 2.76 bits per heavy atom. The van der Waals surface area contributed by atoms with Crippen LogP contribution in [0, 0.1) is 5.92 Å². The quantitative estimate of drug-likeness (QED) is 0.364. The zero-order chi connectivity index (χ0) is 15.0. The van der Waals surface area contributed by atoms with Crippen LogP contribution in [0.1, 0.15) is 25.8 Å². The molecule has 0 aliphatic rings. The van der Waals surface area contributed by atoms with E-state index in [0.717, 1.165) is 41.7 Å². The van der Waals surface area contributed by atoms with Crippen molar-refractivity contribution in [2.75, 3.05) is 20.2 Å². The van der Waals surface area contributed by atoms with Gasteiger partial charge in [-0.15, -0.1) is 24.0 Å². The Balaban J connectivity index is 0.00000400. The molecule has 0 aliphatic carbocycles. The van der Waals surface area contributed by atoms with Gasteiger partial charge in [-0.1, -0.05) is 26.0 Å². The highest BCUT2D eigenvalue weighted by molar-refractivity contribution is 14.0. The van der Waals surface area contributed by atoms with Crippen LogP contribution in [0.4, 0.5) is 0 Å². The predicted molar refractivity (Wildman–Crippen MR) is 104 cm³/mol. The van der Waals surface area contributed by atoms with Crippen molar-refractivity contribution in [1.82, 2.24) is 5.32 Å². The minimum Gasteiger partial charge on any atom is -0.495 e. The third-order valence-electron chi connectivity index (χ3n) is 2.94. The lowest BCUT2D eigenvalue weighted by Crippen LogP contribution is -2.33. The van der Waals surface area contributed by atoms with Crippen molar-refractivity contribution in [3.05, 3.63) is 28.2 Å². The summed E-state index contributed by atoms with van der Waals surface area (Å²) in [6.07, 6.45) is 1.89. The first-order valence-electron chi connectivity index (χ1n) is 6.89. The van der Waals surface area contributed by atoms with Crippen molar-refractivity contribution < 1.29 is 4.74 Å². The number of benzene rings is 1. The average molecular weight is 470 g/mol. The topological polar surface area (TPSA) is 59.6 Å². The first-order valence-corrected chi connectivity index (χ1v) is 7.69. The van der Waals surface area contributed by atoms with Crippen molar-refractivity contribution in [3.8, 4) is 5.75 Å². The van der Waals surface area contributed by atoms with Crippen molar-refractivity contribution >= 4 is 45.9 Å². The molecule has 0 radical (unpaired) electrons. The molecule has 0 fully saturated rings. The highest BCUT2D eigenvalue weighted by Crippen LogP contribution is 2.28. The Morgan fingerprint density at radius 2 is 2.14 bits per heavy atom. The van der Waals surface area contributed by atoms with E-state index in [-0.39, 0.29) is 24.0 Å². The molecule has 21 heavy (non-hydrogen) atoms. The Bertz CT molecular complexity index is 453. The molecule has 0 aromatic heterocycles. The largest absolute Gasteiger partial charge is 0.495 e. The molecule has 0 saturated heterocycles. The van der Waals surface area contributed by atoms with Gasteiger partial charge in [-0.05, 0) is 46.3 Å². The van der Waals surface area contributed by atoms with E-state index in [1.165, 1.54) is 0 Å². The van der Waals surface area contributed by atoms with Crippen molar-refractivity contribution in [2.24, 2.45) is 16.6 Å². The Hall–Kier alpha value is -0.500. The Morgan fingerprint density at radius 1 is 1.43 bits per heavy atom. The molecule has 0 heterocycles. The summed E-state index contributed by atoms with van der Waals surface area (Å²) in [4.78, 5) is 4.30. The van der Waals surface area contributed by atoms with E-state index in [2.05, 4.69) is 46.2 Å². The second-order valence-electron chi connectivity index (χ2n) is 5.06. The summed E-state index contributed by atoms with van der Waals surface area (Å²) in [5, 5.41) is 3.13. The predicted octanol–water partition coefficient (Wildman–Crippen LogP) is 3.57. The molecule has 120 valence electrons. The number of rotatable bonds is 7. The number of methoxy groups -OCH3 is 1. The molecule has 1 aromatic carbocycles. The van der Waals surface area contributed by atoms with Crippen LogP contribution in [-0.2, 0) is 6.42 Å². The molecule has 0 bridgehead atoms. The maximum absolute atomic E-state index is 5.82. The van der Waals surface area contributed by atoms with Gasteiger partial charge in [0.05, 0.1) is 11.6 Å². The Labute approximate surface area is 153 Å². The molecule has 0 unspecified atom stereocenters. The monoisotopic (exact) mass is 469 g/mol. The van der Waals surface area contributed by atoms with Crippen LogP contribution in [0.3, 0.4) is 0 Å². The molecular weight excluding hydrogens is 445 g/mol. The van der Waals surface area contributed by atoms with Gasteiger partial charge in [-0.25, -0.2) is 0 Å². The van der Waals surface area contributed by atoms with Crippen molar-refractivity contribution in [3.63, 3.8) is 0 Å². The normalized spacial score (nSPS) is 11.2. The SMILES string of the molecule is COc1c(Br)cccc1CCNC(N)=NCCC(C)C.I. The van der Waals surface area contributed by atoms with Gasteiger partial charge in [0.25, 0.3) is 0 Å². The van der Waals surface area contributed by atoms with Gasteiger partial charge < -0.3 is 15.8 Å². The maximum Gasteiger partial charge on any atom is 0.188 e. The summed E-state index contributed by atoms with van der Waals surface area (Å²) in [5.41, 5.74) is 6.97. The second kappa shape index (κ2) is 11.1. The molecule has 4 nitrogen and oxygen atoms in total. The summed E-state index contributed by atoms with van der Waals surface area (Å²) in [7, 11) is 1.68. The number of nitrogens with two attached hydrogens (primary N) is 1. The van der Waals surface area contributed by atoms with Crippen molar-refractivity contribution in [1.29, 1.82) is 0 Å². The van der Waals surface area contributed by atoms with E-state index in [1.807, 2.05) is 12.1 Å². The minimum atomic E-state index is 0. The first kappa shape index (κ1) is 20.5. The Kier molecular flexibility index (Phi) is 10.9. The summed E-state index contributed by atoms with van der Waals surface area (Å²) < 4.78 is 6.36. The van der Waals surface area contributed by atoms with Gasteiger partial charge in [0.15, 0.2) is 5.96 Å². The number of hydrogen-bond donors (Lipinski definition) is 2. The van der Waals surface area contributed by atoms with Crippen LogP contribution >= 0.6 is 39.9 Å². The molecular formula is C15H25BrIN3O. The molecule has 1 aromatic rings. The average Bonchev–Trinajstić information content (AvgIpc) is 2.38. The van der Waals surface area contributed by atoms with Crippen LogP contribution in [-0.4, -0.2) is 26.2 Å². The van der Waals surface area contributed by atoms with E-state index in [4.69, 9.17) is 10.5 Å². The second-order valence-corrected chi connectivity index (χ2v) is 5.91. The lowest BCUT2D eigenvalue weighted by atomic mass is 10.1. The number of aliphatic imine (C=N–C) groups is 1. The summed E-state index contributed by atoms with van der Waals surface area (Å²) >= 11 is 3.48. The lowest BCUT2D eigenvalue weighted by Gasteiger charge is -2.11. The molecule has 0 amide bonds. The molecule has 0 saturated carbocycles. The molecule has 0 spiro atoms. The number of halogens is 2. The fraction of sp³-hybridized carbons (Fsp3) is 0.533. The van der Waals surface area contributed by atoms with Gasteiger partial charge in [0.1, 0.15) is 5.75 Å². The molecule has 6 heteroatoms. The molecule has 0 atom stereocenters. The van der Waals surface area contributed by atoms with Crippen molar-refractivity contribution in [2.45, 2.75) is 26.7 Å². The van der Waals surface area contributed by atoms with Crippen LogP contribution in [0.2, 0.25) is 0 Å². The van der Waals surface area contributed by atoms with E-state index < -0.39 is 0 Å². The number of para-hydroxylation sites is 1. The number of nitrogens with zero attached hydrogens (tertiary/aromatic N) is 1. The van der Waals surface area contributed by atoms with Gasteiger partial charge in [0, 0.05) is 13.1 Å². The first-order chi connectivity index (χ1) is 9.54. The number of hydrogen-bond acceptors (Lipinski definition) is 2. The molecule has 1 rings (SSSR count). The van der Waals surface area contributed by atoms with E-state index >= 15 is 0 Å². The highest BCUT2D eigenvalue weighted by Gasteiger charge is 2.06. The third kappa shape index (κ3) is 7.90. The van der Waals surface area contributed by atoms with Gasteiger partial charge >= 0.3 is 0 Å². The maximum atomic E-state index is 5.82. The van der Waals surface area contributed by atoms with Crippen LogP contribution < -0.4 is 15.8 Å². The lowest BCUT2D eigenvalue weighted by molar-refractivity contribution is 0.407. The third-order valence-corrected chi connectivity index (χ3v) is 3.57. The summed E-state index contributed by atoms with van der Waals surface area (Å²) in [5.74, 6) is 2.04. The summed E-state index contributed by atoms with van der Waals surface area (Å²) in [6, 6.07) is 6.02. The zero-order valence-electron chi connectivity index (χ0n) is 12.9. The number of ether oxygens (including phenoxy) is 1. The van der Waals surface area contributed by atoms with E-state index in [1.54, 1.807) is 7.11 Å². The van der Waals surface area contributed by atoms with Crippen LogP contribution in [0.5, 0.6) is 5.75 Å². The van der Waals surface area contributed by atoms with Gasteiger partial charge in [-0.2, -0.15) is 0 Å². The zero-order valence-corrected chi connectivity index (χ0v) is 16.8. The van der Waals surface area contributed by atoms with Crippen LogP contribution in [0.15, 0.2) is 27.7 Å². The molecule has 3 N–H and O–H groups in total. The smallest absolute Gasteiger partial charge is 0.188 e. The van der Waals surface area contributed by atoms with E-state index in [9.17, 15) is 0 Å². The minimum absolute atomic E-state index is 0. The number of guanidine groups is 1. The highest BCUT2D eigenvalue weighted by atomic mass is 127. The summed E-state index contributed by atoms with van der Waals surface area (Å²) in [6.45, 7) is 5.87. The van der Waals surface area contributed by atoms with Crippen LogP contribution in [0.25, 0.3) is 0 Å². The molecule has 0 aliphatic heterocycles. The fourth-order valence-electron chi connectivity index (χ4n) is 1.80. The van der Waals surface area contributed by atoms with E-state index in [0.29, 0.717) is 11.9 Å².